The van der Waals surface area contributed by atoms with Gasteiger partial charge in [0, 0.05) is 11.4 Å². The van der Waals surface area contributed by atoms with Crippen LogP contribution in [0, 0.1) is 13.8 Å². The van der Waals surface area contributed by atoms with Crippen LogP contribution in [0.2, 0.25) is 0 Å². The van der Waals surface area contributed by atoms with Crippen molar-refractivity contribution in [2.24, 2.45) is 5.10 Å². The van der Waals surface area contributed by atoms with Gasteiger partial charge in [-0.1, -0.05) is 18.7 Å². The zero-order valence-corrected chi connectivity index (χ0v) is 20.3. The van der Waals surface area contributed by atoms with Crippen LogP contribution < -0.4 is 14.9 Å². The maximum atomic E-state index is 12.1. The first-order valence-corrected chi connectivity index (χ1v) is 11.5. The highest BCUT2D eigenvalue weighted by atomic mass is 79.9. The van der Waals surface area contributed by atoms with Gasteiger partial charge in [0.1, 0.15) is 0 Å². The van der Waals surface area contributed by atoms with Gasteiger partial charge in [-0.2, -0.15) is 5.10 Å². The Morgan fingerprint density at radius 2 is 1.97 bits per heavy atom. The van der Waals surface area contributed by atoms with Crippen molar-refractivity contribution in [1.29, 1.82) is 0 Å². The summed E-state index contributed by atoms with van der Waals surface area (Å²) < 4.78 is 12.5. The van der Waals surface area contributed by atoms with Crippen LogP contribution in [0.5, 0.6) is 11.5 Å². The zero-order valence-electron chi connectivity index (χ0n) is 17.9. The summed E-state index contributed by atoms with van der Waals surface area (Å²) in [6, 6.07) is 5.59. The van der Waals surface area contributed by atoms with E-state index in [9.17, 15) is 4.79 Å². The predicted molar refractivity (Wildman–Crippen MR) is 124 cm³/mol. The fourth-order valence-corrected chi connectivity index (χ4v) is 3.72. The summed E-state index contributed by atoms with van der Waals surface area (Å²) in [6.07, 6.45) is 2.52. The summed E-state index contributed by atoms with van der Waals surface area (Å²) in [6.45, 7) is 10.3. The third-order valence-corrected chi connectivity index (χ3v) is 5.36. The fourth-order valence-electron chi connectivity index (χ4n) is 2.42. The van der Waals surface area contributed by atoms with Crippen LogP contribution in [0.1, 0.15) is 44.1 Å². The van der Waals surface area contributed by atoms with Crippen LogP contribution in [-0.2, 0) is 4.79 Å². The molecule has 0 spiro atoms. The molecule has 0 fully saturated rings. The average molecular weight is 495 g/mol. The molecule has 0 aliphatic rings. The van der Waals surface area contributed by atoms with E-state index in [0.29, 0.717) is 23.3 Å². The van der Waals surface area contributed by atoms with E-state index in [4.69, 9.17) is 9.47 Å². The van der Waals surface area contributed by atoms with Crippen LogP contribution >= 0.6 is 27.7 Å². The van der Waals surface area contributed by atoms with Crippen molar-refractivity contribution in [3.63, 3.8) is 0 Å². The highest BCUT2D eigenvalue weighted by Gasteiger charge is 2.14. The van der Waals surface area contributed by atoms with Gasteiger partial charge in [-0.25, -0.2) is 15.4 Å². The first-order chi connectivity index (χ1) is 14.3. The second kappa shape index (κ2) is 11.9. The molecule has 2 rings (SSSR count). The van der Waals surface area contributed by atoms with Gasteiger partial charge in [0.25, 0.3) is 5.91 Å². The molecule has 0 aliphatic heterocycles. The molecule has 1 N–H and O–H groups in total. The van der Waals surface area contributed by atoms with E-state index in [1.807, 2.05) is 45.9 Å². The highest BCUT2D eigenvalue weighted by molar-refractivity contribution is 9.10. The largest absolute Gasteiger partial charge is 0.490 e. The molecule has 0 radical (unpaired) electrons. The van der Waals surface area contributed by atoms with E-state index in [1.54, 1.807) is 6.21 Å². The monoisotopic (exact) mass is 494 g/mol. The Morgan fingerprint density at radius 3 is 2.60 bits per heavy atom. The lowest BCUT2D eigenvalue weighted by atomic mass is 10.2. The standard InChI is InChI=1S/C21H27BrN4O3S/c1-6-15(5)29-20-17(22)9-16(10-18(20)28-7-2)11-23-26-19(27)12-30-21-24-13(3)8-14(4)25-21/h8-11,15H,6-7,12H2,1-5H3,(H,26,27)/b23-11-/t15-/m0/s1. The summed E-state index contributed by atoms with van der Waals surface area (Å²) >= 11 is 4.81. The molecule has 2 aromatic rings. The fraction of sp³-hybridized carbons (Fsp3) is 0.429. The molecule has 0 unspecified atom stereocenters. The molecule has 1 heterocycles. The number of aryl methyl sites for hydroxylation is 2. The lowest BCUT2D eigenvalue weighted by Crippen LogP contribution is -2.19. The topological polar surface area (TPSA) is 85.7 Å². The van der Waals surface area contributed by atoms with E-state index >= 15 is 0 Å². The lowest BCUT2D eigenvalue weighted by Gasteiger charge is -2.18. The van der Waals surface area contributed by atoms with Crippen LogP contribution in [-0.4, -0.2) is 40.6 Å². The van der Waals surface area contributed by atoms with E-state index in [2.05, 4.69) is 43.3 Å². The molecule has 162 valence electrons. The maximum Gasteiger partial charge on any atom is 0.250 e. The van der Waals surface area contributed by atoms with E-state index in [0.717, 1.165) is 27.8 Å². The van der Waals surface area contributed by atoms with Crippen LogP contribution in [0.25, 0.3) is 0 Å². The van der Waals surface area contributed by atoms with Crippen LogP contribution in [0.4, 0.5) is 0 Å². The molecule has 1 atom stereocenters. The third-order valence-electron chi connectivity index (χ3n) is 3.92. The molecular formula is C21H27BrN4O3S. The minimum atomic E-state index is -0.236. The lowest BCUT2D eigenvalue weighted by molar-refractivity contribution is -0.118. The second-order valence-electron chi connectivity index (χ2n) is 6.61. The number of nitrogens with one attached hydrogen (secondary N) is 1. The van der Waals surface area contributed by atoms with E-state index < -0.39 is 0 Å². The van der Waals surface area contributed by atoms with Gasteiger partial charge >= 0.3 is 0 Å². The molecule has 1 amide bonds. The molecule has 1 aromatic carbocycles. The van der Waals surface area contributed by atoms with Gasteiger partial charge in [0.15, 0.2) is 16.7 Å². The van der Waals surface area contributed by atoms with Crippen LogP contribution in [0.3, 0.4) is 0 Å². The summed E-state index contributed by atoms with van der Waals surface area (Å²) in [5, 5.41) is 4.62. The number of hydrazone groups is 1. The van der Waals surface area contributed by atoms with Crippen molar-refractivity contribution >= 4 is 39.8 Å². The minimum Gasteiger partial charge on any atom is -0.490 e. The van der Waals surface area contributed by atoms with Gasteiger partial charge in [0.2, 0.25) is 0 Å². The minimum absolute atomic E-state index is 0.0676. The van der Waals surface area contributed by atoms with Crippen molar-refractivity contribution in [2.45, 2.75) is 52.3 Å². The molecule has 0 aliphatic carbocycles. The first kappa shape index (κ1) is 24.1. The zero-order chi connectivity index (χ0) is 22.1. The number of nitrogens with zero attached hydrogens (tertiary/aromatic N) is 3. The summed E-state index contributed by atoms with van der Waals surface area (Å²) in [7, 11) is 0. The third kappa shape index (κ3) is 7.60. The van der Waals surface area contributed by atoms with Gasteiger partial charge in [-0.3, -0.25) is 4.79 Å². The van der Waals surface area contributed by atoms with Crippen molar-refractivity contribution in [2.75, 3.05) is 12.4 Å². The van der Waals surface area contributed by atoms with Crippen molar-refractivity contribution < 1.29 is 14.3 Å². The number of thioether (sulfide) groups is 1. The Balaban J connectivity index is 1.99. The first-order valence-electron chi connectivity index (χ1n) is 9.72. The Morgan fingerprint density at radius 1 is 1.27 bits per heavy atom. The molecule has 9 heteroatoms. The Bertz CT molecular complexity index is 888. The number of halogens is 1. The normalized spacial score (nSPS) is 12.1. The number of hydrogen-bond donors (Lipinski definition) is 1. The average Bonchev–Trinajstić information content (AvgIpc) is 2.68. The van der Waals surface area contributed by atoms with Gasteiger partial charge < -0.3 is 9.47 Å². The number of amides is 1. The number of hydrogen-bond acceptors (Lipinski definition) is 7. The number of ether oxygens (including phenoxy) is 2. The predicted octanol–water partition coefficient (Wildman–Crippen LogP) is 4.67. The van der Waals surface area contributed by atoms with Gasteiger partial charge in [-0.15, -0.1) is 0 Å². The summed E-state index contributed by atoms with van der Waals surface area (Å²) in [5.41, 5.74) is 5.04. The molecule has 0 bridgehead atoms. The number of carbonyl (C=O) groups excluding carboxylic acids is 1. The Kier molecular flexibility index (Phi) is 9.58. The maximum absolute atomic E-state index is 12.1. The van der Waals surface area contributed by atoms with Crippen molar-refractivity contribution in [3.05, 3.63) is 39.6 Å². The van der Waals surface area contributed by atoms with E-state index in [-0.39, 0.29) is 17.8 Å². The van der Waals surface area contributed by atoms with Crippen LogP contribution in [0.15, 0.2) is 32.9 Å². The van der Waals surface area contributed by atoms with Crippen molar-refractivity contribution in [3.8, 4) is 11.5 Å². The second-order valence-corrected chi connectivity index (χ2v) is 8.41. The smallest absolute Gasteiger partial charge is 0.250 e. The number of aromatic nitrogens is 2. The molecule has 1 aromatic heterocycles. The Labute approximate surface area is 190 Å². The van der Waals surface area contributed by atoms with Crippen molar-refractivity contribution in [1.82, 2.24) is 15.4 Å². The molecule has 0 saturated carbocycles. The highest BCUT2D eigenvalue weighted by Crippen LogP contribution is 2.37. The SMILES string of the molecule is CCOc1cc(/C=N\NC(=O)CSc2nc(C)cc(C)n2)cc(Br)c1O[C@@H](C)CC. The number of carbonyl (C=O) groups is 1. The van der Waals surface area contributed by atoms with E-state index in [1.165, 1.54) is 11.8 Å². The Hall–Kier alpha value is -2.13. The molecule has 7 nitrogen and oxygen atoms in total. The molecular weight excluding hydrogens is 468 g/mol. The quantitative estimate of drug-likeness (QED) is 0.223. The summed E-state index contributed by atoms with van der Waals surface area (Å²) in [4.78, 5) is 20.7. The van der Waals surface area contributed by atoms with Gasteiger partial charge in [-0.05, 0) is 73.8 Å². The molecule has 30 heavy (non-hydrogen) atoms. The number of rotatable bonds is 10. The molecule has 0 saturated heterocycles. The number of benzene rings is 1. The summed E-state index contributed by atoms with van der Waals surface area (Å²) in [5.74, 6) is 1.23. The van der Waals surface area contributed by atoms with Gasteiger partial charge in [0.05, 0.1) is 29.2 Å².